The van der Waals surface area contributed by atoms with Crippen molar-refractivity contribution in [3.8, 4) is 0 Å². The molecule has 4 saturated carbocycles. The van der Waals surface area contributed by atoms with E-state index in [1.165, 1.54) is 103 Å². The summed E-state index contributed by atoms with van der Waals surface area (Å²) in [5, 5.41) is 33.8. The molecule has 0 radical (unpaired) electrons. The first-order chi connectivity index (χ1) is 31.8. The van der Waals surface area contributed by atoms with Gasteiger partial charge in [0.25, 0.3) is 0 Å². The summed E-state index contributed by atoms with van der Waals surface area (Å²) in [6.45, 7) is 0. The highest BCUT2D eigenvalue weighted by atomic mass is 27.0. The minimum absolute atomic E-state index is 0. The van der Waals surface area contributed by atoms with Gasteiger partial charge in [-0.3, -0.25) is 62.5 Å². The molecule has 350 valence electrons. The Kier molecular flexibility index (Phi) is 18.8. The Balaban J connectivity index is 0.000000186. The fourth-order valence-corrected chi connectivity index (χ4v) is 13.2. The monoisotopic (exact) mass is 899 g/mol. The molecule has 9 fully saturated rings. The van der Waals surface area contributed by atoms with Crippen LogP contribution in [0.25, 0.3) is 0 Å². The maximum Gasteiger partial charge on any atom is 0.187 e. The highest BCUT2D eigenvalue weighted by Crippen LogP contribution is 2.45. The fourth-order valence-electron chi connectivity index (χ4n) is 13.2. The van der Waals surface area contributed by atoms with Crippen LogP contribution < -0.4 is 42.5 Å². The van der Waals surface area contributed by atoms with Crippen molar-refractivity contribution in [1.82, 2.24) is 62.5 Å². The van der Waals surface area contributed by atoms with Gasteiger partial charge in [0.05, 0.1) is 49.3 Å². The third-order valence-electron chi connectivity index (χ3n) is 16.1. The lowest BCUT2D eigenvalue weighted by molar-refractivity contribution is 0.167. The van der Waals surface area contributed by atoms with E-state index in [2.05, 4.69) is 62.5 Å². The van der Waals surface area contributed by atoms with Gasteiger partial charge < -0.3 is 0 Å². The molecular weight excluding hydrogens is 820 g/mol. The van der Waals surface area contributed by atoms with Gasteiger partial charge in [0.2, 0.25) is 0 Å². The molecule has 5 aliphatic heterocycles. The number of nitrogens with one attached hydrogen (secondary N) is 8. The number of hydrogen-bond acceptors (Lipinski definition) is 12. The van der Waals surface area contributed by atoms with Crippen molar-refractivity contribution >= 4 is 17.4 Å². The third kappa shape index (κ3) is 12.7. The first kappa shape index (κ1) is 48.3. The number of pyridine rings is 4. The van der Waals surface area contributed by atoms with Gasteiger partial charge in [-0.15, -0.1) is 0 Å². The molecule has 4 aromatic rings. The van der Waals surface area contributed by atoms with E-state index in [4.69, 9.17) is 0 Å². The number of hydrogen-bond donors (Lipinski definition) is 8. The number of nitrogens with zero attached hydrogens (tertiary/aromatic N) is 4. The maximum absolute atomic E-state index is 4.26. The fraction of sp³-hybridized carbons (Fsp3) is 0.615. The summed E-state index contributed by atoms with van der Waals surface area (Å²) in [7, 11) is 0. The van der Waals surface area contributed by atoms with Gasteiger partial charge in [0, 0.05) is 49.6 Å². The van der Waals surface area contributed by atoms with Gasteiger partial charge in [0.15, 0.2) is 17.4 Å². The summed E-state index contributed by atoms with van der Waals surface area (Å²) in [6.07, 6.45) is 39.6. The van der Waals surface area contributed by atoms with E-state index in [1.807, 2.05) is 72.8 Å². The molecule has 5 saturated heterocycles. The van der Waals surface area contributed by atoms with Gasteiger partial charge in [-0.2, -0.15) is 0 Å². The number of fused-ring (bicyclic) bond motifs is 20. The maximum atomic E-state index is 4.26. The van der Waals surface area contributed by atoms with Crippen molar-refractivity contribution in [3.05, 3.63) is 122 Å². The molecule has 8 N–H and O–H groups in total. The molecule has 13 heteroatoms. The predicted molar refractivity (Wildman–Crippen MR) is 264 cm³/mol. The van der Waals surface area contributed by atoms with Crippen molar-refractivity contribution in [2.75, 3.05) is 0 Å². The number of rotatable bonds is 0. The molecule has 4 aliphatic carbocycles. The lowest BCUT2D eigenvalue weighted by Gasteiger charge is -2.35. The summed E-state index contributed by atoms with van der Waals surface area (Å²) in [5.74, 6) is 5.97. The van der Waals surface area contributed by atoms with Crippen LogP contribution in [0.15, 0.2) is 122 Å². The molecule has 8 unspecified atom stereocenters. The Hall–Kier alpha value is -3.19. The molecule has 9 aliphatic rings. The van der Waals surface area contributed by atoms with Crippen LogP contribution in [0.4, 0.5) is 0 Å². The standard InChI is InChI=1S/C32H56N8.4C5H5N.Al.3H/c1-2-10-18-17(9-1)25-33-26(18)38-28-21-13-5-6-14-22(21)30(35-28)40-32-24-16-8-7-15-23(24)31(36-32)39-29-20-12-4-3-11-19(20)27(34-29)37-25;4*1-2-4-6-5-3-1;;;;/h17-40H,1-16H2;4*1-5H;;;;. The van der Waals surface area contributed by atoms with Crippen LogP contribution in [-0.4, -0.2) is 86.6 Å². The van der Waals surface area contributed by atoms with Gasteiger partial charge in [0.1, 0.15) is 0 Å². The average molecular weight is 899 g/mol. The normalized spacial score (nSPS) is 38.4. The first-order valence-corrected chi connectivity index (χ1v) is 25.3. The molecule has 65 heavy (non-hydrogen) atoms. The largest absolute Gasteiger partial charge is 0.286 e. The molecule has 0 aromatic carbocycles. The molecule has 0 amide bonds. The Morgan fingerprint density at radius 1 is 0.215 bits per heavy atom. The smallest absolute Gasteiger partial charge is 0.187 e. The molecule has 8 atom stereocenters. The summed E-state index contributed by atoms with van der Waals surface area (Å²) in [4.78, 5) is 15.1. The van der Waals surface area contributed by atoms with E-state index in [1.54, 1.807) is 49.6 Å². The molecule has 0 spiro atoms. The van der Waals surface area contributed by atoms with Crippen LogP contribution in [-0.2, 0) is 0 Å². The Morgan fingerprint density at radius 2 is 0.354 bits per heavy atom. The van der Waals surface area contributed by atoms with Gasteiger partial charge in [-0.1, -0.05) is 75.6 Å². The topological polar surface area (TPSA) is 148 Å². The van der Waals surface area contributed by atoms with E-state index in [0.717, 1.165) is 47.3 Å². The molecular formula is C52H79AlN12. The van der Waals surface area contributed by atoms with Crippen LogP contribution in [0.3, 0.4) is 0 Å². The van der Waals surface area contributed by atoms with Crippen LogP contribution in [0.2, 0.25) is 0 Å². The van der Waals surface area contributed by atoms with E-state index in [0.29, 0.717) is 49.3 Å². The van der Waals surface area contributed by atoms with Crippen LogP contribution in [0.5, 0.6) is 0 Å². The minimum Gasteiger partial charge on any atom is -0.286 e. The predicted octanol–water partition coefficient (Wildman–Crippen LogP) is 5.75. The second-order valence-electron chi connectivity index (χ2n) is 19.7. The Labute approximate surface area is 399 Å². The van der Waals surface area contributed by atoms with Crippen LogP contribution in [0.1, 0.15) is 103 Å². The van der Waals surface area contributed by atoms with Crippen molar-refractivity contribution in [2.24, 2.45) is 47.3 Å². The SMILES string of the molecule is C1CCC2C3NC(NC4NC(NC5NC(NC6NC(N3)C3CCCCC63)C3CCCCC53)C3CCCCC43)C2C1.[AlH3].c1ccncc1.c1ccncc1.c1ccncc1.c1ccncc1. The van der Waals surface area contributed by atoms with Crippen molar-refractivity contribution in [1.29, 1.82) is 0 Å². The highest BCUT2D eigenvalue weighted by molar-refractivity contribution is 5.75. The van der Waals surface area contributed by atoms with Crippen molar-refractivity contribution in [3.63, 3.8) is 0 Å². The first-order valence-electron chi connectivity index (χ1n) is 25.3. The zero-order chi connectivity index (χ0) is 43.2. The lowest BCUT2D eigenvalue weighted by atomic mass is 9.76. The second-order valence-corrected chi connectivity index (χ2v) is 19.7. The lowest BCUT2D eigenvalue weighted by Crippen LogP contribution is -2.61. The van der Waals surface area contributed by atoms with E-state index >= 15 is 0 Å². The zero-order valence-electron chi connectivity index (χ0n) is 37.9. The van der Waals surface area contributed by atoms with Crippen LogP contribution in [0, 0.1) is 47.3 Å². The quantitative estimate of drug-likeness (QED) is 0.102. The Morgan fingerprint density at radius 3 is 0.446 bits per heavy atom. The minimum atomic E-state index is 0. The summed E-state index contributed by atoms with van der Waals surface area (Å²) in [5.41, 5.74) is 0. The van der Waals surface area contributed by atoms with Crippen molar-refractivity contribution < 1.29 is 0 Å². The van der Waals surface area contributed by atoms with Gasteiger partial charge in [-0.25, -0.2) is 0 Å². The summed E-state index contributed by atoms with van der Waals surface area (Å²) < 4.78 is 0. The van der Waals surface area contributed by atoms with Crippen molar-refractivity contribution in [2.45, 2.75) is 152 Å². The molecule has 12 nitrogen and oxygen atoms in total. The average Bonchev–Trinajstić information content (AvgIpc) is 4.13. The van der Waals surface area contributed by atoms with E-state index in [-0.39, 0.29) is 17.4 Å². The highest BCUT2D eigenvalue weighted by Gasteiger charge is 2.54. The second kappa shape index (κ2) is 25.3. The molecule has 8 bridgehead atoms. The van der Waals surface area contributed by atoms with E-state index in [9.17, 15) is 0 Å². The third-order valence-corrected chi connectivity index (χ3v) is 16.1. The van der Waals surface area contributed by atoms with Crippen LogP contribution >= 0.6 is 0 Å². The summed E-state index contributed by atoms with van der Waals surface area (Å²) >= 11 is 0. The van der Waals surface area contributed by atoms with Gasteiger partial charge in [-0.05, 0) is 147 Å². The summed E-state index contributed by atoms with van der Waals surface area (Å²) in [6, 6.07) is 22.9. The van der Waals surface area contributed by atoms with Gasteiger partial charge >= 0.3 is 0 Å². The Bertz CT molecular complexity index is 1420. The number of aromatic nitrogens is 4. The van der Waals surface area contributed by atoms with E-state index < -0.39 is 0 Å². The zero-order valence-corrected chi connectivity index (χ0v) is 37.9. The molecule has 13 rings (SSSR count). The molecule has 4 aromatic heterocycles. The molecule has 9 heterocycles.